The van der Waals surface area contributed by atoms with Gasteiger partial charge in [0, 0.05) is 71.4 Å². The second-order valence-electron chi connectivity index (χ2n) is 14.4. The van der Waals surface area contributed by atoms with Crippen molar-refractivity contribution in [2.24, 2.45) is 15.7 Å². The van der Waals surface area contributed by atoms with Gasteiger partial charge in [0.25, 0.3) is 0 Å². The highest BCUT2D eigenvalue weighted by Gasteiger charge is 2.10. The Hall–Kier alpha value is -8.41. The third-order valence-electron chi connectivity index (χ3n) is 8.35. The lowest BCUT2D eigenvalue weighted by atomic mass is 10.4. The van der Waals surface area contributed by atoms with Gasteiger partial charge in [0.2, 0.25) is 6.08 Å². The lowest BCUT2D eigenvalue weighted by molar-refractivity contribution is 0.245. The van der Waals surface area contributed by atoms with E-state index in [0.29, 0.717) is 112 Å². The molecule has 0 fully saturated rings. The van der Waals surface area contributed by atoms with E-state index in [1.807, 2.05) is 73.7 Å². The smallest absolute Gasteiger partial charge is 0.353 e. The first kappa shape index (κ1) is 107. The molecule has 91 heavy (non-hydrogen) atoms. The van der Waals surface area contributed by atoms with Crippen LogP contribution in [0.15, 0.2) is 38.8 Å². The fourth-order valence-corrected chi connectivity index (χ4v) is 6.07. The number of carbonyl (C=O) groups excluding carboxylic acids is 3. The van der Waals surface area contributed by atoms with Crippen molar-refractivity contribution in [1.29, 1.82) is 5.41 Å². The average molecular weight is 1440 g/mol. The van der Waals surface area contributed by atoms with Gasteiger partial charge in [-0.15, -0.1) is 64.9 Å². The van der Waals surface area contributed by atoms with Crippen molar-refractivity contribution >= 4 is 78.4 Å². The Morgan fingerprint density at radius 1 is 0.626 bits per heavy atom. The monoisotopic (exact) mass is 1430 g/mol. The van der Waals surface area contributed by atoms with Gasteiger partial charge in [-0.2, -0.15) is 19.9 Å². The van der Waals surface area contributed by atoms with Crippen LogP contribution in [-0.4, -0.2) is 123 Å². The molecule has 3 aromatic rings. The number of hydrogen-bond donors (Lipinski definition) is 6. The number of aryl methyl sites for hydroxylation is 3. The summed E-state index contributed by atoms with van der Waals surface area (Å²) in [4.78, 5) is 122. The van der Waals surface area contributed by atoms with Crippen LogP contribution in [0.25, 0.3) is 0 Å². The first-order chi connectivity index (χ1) is 42.9. The standard InChI is InChI=1S/C9H18N4O2.2C8H14N3O2P.C7H11N3O2.C6H2.C5H4.C4H6.C3H8N2.C3H5NO.C3H4.C2H7P.C2H2.CH3I.CH4/c1-4-7(12-8(14)10-5-2)13-9(15)11-6-3;2*1-4-6-9-7(12)10(5-2)8(13)11(6)14-3;1-3-5-8-6(11)10(4-2)7(12)9-5;1-3-5-6-4-2;1-3-5-4-2;1-3-4-2;1-2-3(4)5;1-2-4-3-5;2*1-3-2;2*1-2;/h4-6H2,1-3H3,(H3,10,11,12,13,14,15);2*14H,4-5H2,1-3H3;3-4H2,1-2H3,(H,8,9,11,12);1-2H;1H,2H3;1-2H3;2H2,1H3,(H3,4,5);2H2,1H3;1H,2H3;3H,1-2H3;1-2H;1H3;1H4. The number of aromatic nitrogens is 9. The second-order valence-corrected chi connectivity index (χ2v) is 17.2. The van der Waals surface area contributed by atoms with Gasteiger partial charge in [-0.05, 0) is 154 Å². The van der Waals surface area contributed by atoms with Crippen molar-refractivity contribution in [2.45, 2.75) is 163 Å². The zero-order chi connectivity index (χ0) is 72.4. The predicted octanol–water partition coefficient (Wildman–Crippen LogP) is 6.58. The predicted molar refractivity (Wildman–Crippen MR) is 397 cm³/mol. The third-order valence-corrected chi connectivity index (χ3v) is 10.1. The summed E-state index contributed by atoms with van der Waals surface area (Å²) in [6, 6.07) is -0.784. The van der Waals surface area contributed by atoms with Crippen molar-refractivity contribution < 1.29 is 14.4 Å². The number of amides is 4. The number of nitrogens with zero attached hydrogens (tertiary/aromatic N) is 10. The van der Waals surface area contributed by atoms with Crippen LogP contribution in [-0.2, 0) is 43.7 Å². The van der Waals surface area contributed by atoms with E-state index in [2.05, 4.69) is 160 Å². The van der Waals surface area contributed by atoms with Crippen LogP contribution in [0, 0.1) is 103 Å². The quantitative estimate of drug-likeness (QED) is 0.0201. The highest BCUT2D eigenvalue weighted by atomic mass is 127. The van der Waals surface area contributed by atoms with Crippen molar-refractivity contribution in [3.63, 3.8) is 0 Å². The molecule has 29 heteroatoms. The first-order valence-corrected chi connectivity index (χ1v) is 34.5. The van der Waals surface area contributed by atoms with Gasteiger partial charge in [-0.3, -0.25) is 24.4 Å². The van der Waals surface area contributed by atoms with E-state index < -0.39 is 23.1 Å². The molecule has 7 N–H and O–H groups in total. The fraction of sp³-hybridized carbons (Fsp3) is 0.516. The van der Waals surface area contributed by atoms with Gasteiger partial charge in [0.15, 0.2) is 0 Å². The molecule has 3 rings (SSSR count). The number of halogens is 1. The highest BCUT2D eigenvalue weighted by molar-refractivity contribution is 14.1. The molecule has 506 valence electrons. The van der Waals surface area contributed by atoms with E-state index >= 15 is 0 Å². The van der Waals surface area contributed by atoms with Gasteiger partial charge in [0.05, 0.1) is 5.84 Å². The van der Waals surface area contributed by atoms with Crippen LogP contribution < -0.4 is 55.8 Å². The van der Waals surface area contributed by atoms with Crippen LogP contribution in [0.4, 0.5) is 9.59 Å². The lowest BCUT2D eigenvalue weighted by Gasteiger charge is -2.09. The third kappa shape index (κ3) is 64.4. The van der Waals surface area contributed by atoms with E-state index in [9.17, 15) is 38.4 Å². The molecule has 0 aliphatic heterocycles. The highest BCUT2D eigenvalue weighted by Crippen LogP contribution is 2.07. The summed E-state index contributed by atoms with van der Waals surface area (Å²) in [6.45, 7) is 37.7. The van der Waals surface area contributed by atoms with Crippen molar-refractivity contribution in [2.75, 3.05) is 51.2 Å². The normalized spacial score (nSPS) is 8.23. The van der Waals surface area contributed by atoms with E-state index in [0.717, 1.165) is 22.3 Å². The minimum Gasteiger partial charge on any atom is -0.388 e. The van der Waals surface area contributed by atoms with Crippen LogP contribution in [0.3, 0.4) is 0 Å². The molecule has 0 saturated heterocycles. The summed E-state index contributed by atoms with van der Waals surface area (Å²) in [5.74, 6) is 25.5. The maximum absolute atomic E-state index is 11.7. The summed E-state index contributed by atoms with van der Waals surface area (Å²) < 4.78 is 6.47. The molecule has 0 bridgehead atoms. The van der Waals surface area contributed by atoms with E-state index in [-0.39, 0.29) is 36.4 Å². The Balaban J connectivity index is -0.0000000889. The fourth-order valence-electron chi connectivity index (χ4n) is 4.51. The molecule has 0 saturated carbocycles. The number of aliphatic imine (C=N–C) groups is 2. The number of urea groups is 2. The van der Waals surface area contributed by atoms with Gasteiger partial charge in [-0.1, -0.05) is 70.6 Å². The molecular formula is C62H102IN16O9P3. The SMILES string of the molecule is C.C#C.C#CC.C#CC#CC.C#CC#CC#C.CC#CC.CCC(=N)N.CCN=C=O.CCNC(=O)N=C(CC)NC(=O)NCC.CCc1nc(=O)n(CC)c(=O)[nH]1.CCc1nc(=O)n(CC)c(=O)n1PC.CCc1nc(=O)n(CC)c(=O)n1PC.CI.CPC. The molecule has 0 aromatic carbocycles. The number of terminal acetylenes is 5. The largest absolute Gasteiger partial charge is 0.388 e. The molecule has 0 aliphatic carbocycles. The van der Waals surface area contributed by atoms with Gasteiger partial charge < -0.3 is 16.4 Å². The van der Waals surface area contributed by atoms with Crippen LogP contribution in [0.1, 0.15) is 142 Å². The zero-order valence-electron chi connectivity index (χ0n) is 56.3. The van der Waals surface area contributed by atoms with Crippen molar-refractivity contribution in [3.05, 3.63) is 80.4 Å². The van der Waals surface area contributed by atoms with Gasteiger partial charge in [-0.25, -0.2) is 61.8 Å². The molecular weight excluding hydrogens is 1330 g/mol. The first-order valence-electron chi connectivity index (χ1n) is 27.5. The Morgan fingerprint density at radius 2 is 0.989 bits per heavy atom. The number of alkyl halides is 1. The molecule has 0 aliphatic rings. The topological polar surface area (TPSA) is 343 Å². The minimum absolute atomic E-state index is 0. The number of aromatic amines is 1. The Bertz CT molecular complexity index is 3150. The number of H-pyrrole nitrogens is 1. The van der Waals surface area contributed by atoms with Crippen LogP contribution >= 0.6 is 48.6 Å². The van der Waals surface area contributed by atoms with Gasteiger partial charge >= 0.3 is 46.2 Å². The van der Waals surface area contributed by atoms with Gasteiger partial charge in [0.1, 0.15) is 23.3 Å². The molecule has 25 nitrogen and oxygen atoms in total. The summed E-state index contributed by atoms with van der Waals surface area (Å²) >= 11 is 2.15. The summed E-state index contributed by atoms with van der Waals surface area (Å²) in [5.41, 5.74) is 2.65. The van der Waals surface area contributed by atoms with Crippen LogP contribution in [0.5, 0.6) is 0 Å². The van der Waals surface area contributed by atoms with E-state index in [1.54, 1.807) is 57.1 Å². The molecule has 2 unspecified atom stereocenters. The Morgan fingerprint density at radius 3 is 1.20 bits per heavy atom. The van der Waals surface area contributed by atoms with E-state index in [4.69, 9.17) is 35.2 Å². The van der Waals surface area contributed by atoms with E-state index in [1.165, 1.54) is 6.08 Å². The maximum atomic E-state index is 11.7. The second kappa shape index (κ2) is 83.7. The number of isocyanates is 1. The van der Waals surface area contributed by atoms with Crippen LogP contribution in [0.2, 0.25) is 0 Å². The Kier molecular flexibility index (Phi) is 98.6. The molecule has 4 amide bonds. The number of amidine groups is 2. The maximum Gasteiger partial charge on any atom is 0.353 e. The minimum atomic E-state index is -0.474. The Labute approximate surface area is 561 Å². The number of nitrogens with two attached hydrogens (primary N) is 1. The molecule has 2 atom stereocenters. The zero-order valence-corrected chi connectivity index (χ0v) is 61.5. The molecule has 3 heterocycles. The molecule has 0 radical (unpaired) electrons. The number of hydrogen-bond acceptors (Lipinski definition) is 14. The number of carbonyl (C=O) groups is 2. The molecule has 3 aromatic heterocycles. The number of nitrogens with one attached hydrogen (secondary N) is 5. The molecule has 0 spiro atoms. The summed E-state index contributed by atoms with van der Waals surface area (Å²) in [7, 11) is 1.71. The average Bonchev–Trinajstić information content (AvgIpc) is 2.20. The van der Waals surface area contributed by atoms with Crippen molar-refractivity contribution in [3.8, 4) is 97.7 Å². The van der Waals surface area contributed by atoms with Crippen molar-refractivity contribution in [1.82, 2.24) is 58.3 Å². The summed E-state index contributed by atoms with van der Waals surface area (Å²) in [5, 5.41) is 14.1. The number of rotatable bonds is 13. The lowest BCUT2D eigenvalue weighted by Crippen LogP contribution is -2.40. The summed E-state index contributed by atoms with van der Waals surface area (Å²) in [6.07, 6.45) is 31.0.